The average Bonchev–Trinajstić information content (AvgIpc) is 3.12. The summed E-state index contributed by atoms with van der Waals surface area (Å²) in [4.78, 5) is 34.0. The molecule has 0 N–H and O–H groups in total. The van der Waals surface area contributed by atoms with Crippen LogP contribution in [0.4, 0.5) is 0 Å². The highest BCUT2D eigenvalue weighted by molar-refractivity contribution is 5.81. The van der Waals surface area contributed by atoms with Crippen LogP contribution in [0, 0.1) is 5.92 Å². The Balaban J connectivity index is 1.67. The first-order valence-corrected chi connectivity index (χ1v) is 20.2. The van der Waals surface area contributed by atoms with E-state index in [1.165, 1.54) is 64.2 Å². The van der Waals surface area contributed by atoms with Crippen molar-refractivity contribution in [3.8, 4) is 17.2 Å². The molecule has 7 nitrogen and oxygen atoms in total. The van der Waals surface area contributed by atoms with Gasteiger partial charge in [-0.2, -0.15) is 5.06 Å². The Hall–Kier alpha value is -2.90. The van der Waals surface area contributed by atoms with Gasteiger partial charge in [-0.3, -0.25) is 9.63 Å². The van der Waals surface area contributed by atoms with Crippen molar-refractivity contribution in [2.24, 2.45) is 5.92 Å². The molecule has 0 aromatic heterocycles. The van der Waals surface area contributed by atoms with Crippen LogP contribution >= 0.6 is 0 Å². The smallest absolute Gasteiger partial charge is 0.331 e. The number of ether oxygens (including phenoxy) is 3. The Labute approximate surface area is 303 Å². The third kappa shape index (κ3) is 15.6. The Morgan fingerprint density at radius 1 is 0.620 bits per heavy atom. The van der Waals surface area contributed by atoms with Gasteiger partial charge in [0.15, 0.2) is 11.5 Å². The molecule has 4 atom stereocenters. The SMILES string of the molecule is CCCCCCCCC(CCC)Oc1ccccc1OC(=O)C1CCN(OC(CCC)CCCCCCCC)C(C(=O)Oc2ccccc2)C1. The second-order valence-corrected chi connectivity index (χ2v) is 14.1. The van der Waals surface area contributed by atoms with Crippen LogP contribution in [0.1, 0.15) is 156 Å². The maximum absolute atomic E-state index is 13.7. The number of piperidine rings is 1. The fourth-order valence-electron chi connectivity index (χ4n) is 6.83. The number of carbonyl (C=O) groups is 2. The van der Waals surface area contributed by atoms with Gasteiger partial charge in [0.25, 0.3) is 0 Å². The number of hydrogen-bond donors (Lipinski definition) is 0. The lowest BCUT2D eigenvalue weighted by Gasteiger charge is -2.38. The number of hydrogen-bond acceptors (Lipinski definition) is 7. The van der Waals surface area contributed by atoms with Gasteiger partial charge in [-0.05, 0) is 69.2 Å². The number of rotatable bonds is 26. The minimum atomic E-state index is -0.719. The molecule has 0 radical (unpaired) electrons. The quantitative estimate of drug-likeness (QED) is 0.0551. The predicted molar refractivity (Wildman–Crippen MR) is 202 cm³/mol. The Kier molecular flexibility index (Phi) is 20.9. The van der Waals surface area contributed by atoms with E-state index in [4.69, 9.17) is 19.0 Å². The van der Waals surface area contributed by atoms with E-state index in [2.05, 4.69) is 27.7 Å². The molecule has 50 heavy (non-hydrogen) atoms. The maximum Gasteiger partial charge on any atom is 0.331 e. The van der Waals surface area contributed by atoms with Crippen LogP contribution in [0.3, 0.4) is 0 Å². The normalized spacial score (nSPS) is 17.6. The highest BCUT2D eigenvalue weighted by Crippen LogP contribution is 2.33. The predicted octanol–water partition coefficient (Wildman–Crippen LogP) is 11.4. The summed E-state index contributed by atoms with van der Waals surface area (Å²) in [6, 6.07) is 15.9. The Morgan fingerprint density at radius 2 is 1.18 bits per heavy atom. The van der Waals surface area contributed by atoms with Crippen LogP contribution in [-0.2, 0) is 14.4 Å². The van der Waals surface area contributed by atoms with E-state index >= 15 is 0 Å². The second-order valence-electron chi connectivity index (χ2n) is 14.1. The number of hydroxylamine groups is 2. The molecule has 2 aromatic carbocycles. The summed E-state index contributed by atoms with van der Waals surface area (Å²) in [7, 11) is 0. The third-order valence-corrected chi connectivity index (χ3v) is 9.74. The largest absolute Gasteiger partial charge is 0.487 e. The van der Waals surface area contributed by atoms with Gasteiger partial charge in [-0.1, -0.05) is 141 Å². The lowest BCUT2D eigenvalue weighted by molar-refractivity contribution is -0.240. The molecule has 1 saturated heterocycles. The van der Waals surface area contributed by atoms with E-state index in [0.717, 1.165) is 51.4 Å². The van der Waals surface area contributed by atoms with Gasteiger partial charge in [-0.25, -0.2) is 4.79 Å². The molecule has 0 spiro atoms. The fraction of sp³-hybridized carbons (Fsp3) is 0.674. The van der Waals surface area contributed by atoms with Crippen molar-refractivity contribution in [2.75, 3.05) is 6.54 Å². The summed E-state index contributed by atoms with van der Waals surface area (Å²) in [5, 5.41) is 1.79. The molecule has 0 aliphatic carbocycles. The first kappa shape index (κ1) is 41.5. The average molecular weight is 694 g/mol. The van der Waals surface area contributed by atoms with Crippen LogP contribution in [0.25, 0.3) is 0 Å². The first-order chi connectivity index (χ1) is 24.5. The van der Waals surface area contributed by atoms with Gasteiger partial charge in [0.1, 0.15) is 11.8 Å². The van der Waals surface area contributed by atoms with Gasteiger partial charge in [0.2, 0.25) is 0 Å². The standard InChI is InChI=1S/C43H67NO6/c1-5-9-11-13-15-18-26-36(24-7-3)47-40-30-22-23-31-41(40)49-42(45)35-32-33-44(39(34-35)43(46)48-37-27-20-17-21-28-37)50-38(25-8-4)29-19-16-14-12-10-6-2/h17,20-23,27-28,30-31,35-36,38-39H,5-16,18-19,24-26,29,32-34H2,1-4H3. The summed E-state index contributed by atoms with van der Waals surface area (Å²) < 4.78 is 18.4. The van der Waals surface area contributed by atoms with E-state index in [1.54, 1.807) is 23.3 Å². The zero-order chi connectivity index (χ0) is 35.8. The third-order valence-electron chi connectivity index (χ3n) is 9.74. The van der Waals surface area contributed by atoms with Gasteiger partial charge >= 0.3 is 11.9 Å². The van der Waals surface area contributed by atoms with Gasteiger partial charge in [0.05, 0.1) is 18.1 Å². The van der Waals surface area contributed by atoms with Crippen molar-refractivity contribution < 1.29 is 28.6 Å². The molecule has 0 saturated carbocycles. The van der Waals surface area contributed by atoms with E-state index in [0.29, 0.717) is 30.2 Å². The number of unbranched alkanes of at least 4 members (excludes halogenated alkanes) is 10. The van der Waals surface area contributed by atoms with Gasteiger partial charge < -0.3 is 14.2 Å². The van der Waals surface area contributed by atoms with Crippen molar-refractivity contribution in [3.05, 3.63) is 54.6 Å². The molecule has 4 unspecified atom stereocenters. The fourth-order valence-corrected chi connectivity index (χ4v) is 6.83. The first-order valence-electron chi connectivity index (χ1n) is 20.2. The number of para-hydroxylation sites is 3. The van der Waals surface area contributed by atoms with E-state index < -0.39 is 17.9 Å². The van der Waals surface area contributed by atoms with Crippen LogP contribution in [0.5, 0.6) is 17.2 Å². The summed E-state index contributed by atoms with van der Waals surface area (Å²) in [5.74, 6) is 0.276. The summed E-state index contributed by atoms with van der Waals surface area (Å²) in [5.41, 5.74) is 0. The minimum absolute atomic E-state index is 0.0261. The highest BCUT2D eigenvalue weighted by Gasteiger charge is 2.40. The number of benzene rings is 2. The molecule has 1 aliphatic heterocycles. The molecule has 0 bridgehead atoms. The molecular formula is C43H67NO6. The molecular weight excluding hydrogens is 626 g/mol. The number of esters is 2. The summed E-state index contributed by atoms with van der Waals surface area (Å²) in [6.07, 6.45) is 21.6. The van der Waals surface area contributed by atoms with Crippen LogP contribution in [-0.4, -0.2) is 41.8 Å². The summed E-state index contributed by atoms with van der Waals surface area (Å²) in [6.45, 7) is 9.27. The molecule has 2 aromatic rings. The zero-order valence-electron chi connectivity index (χ0n) is 31.8. The summed E-state index contributed by atoms with van der Waals surface area (Å²) >= 11 is 0. The van der Waals surface area contributed by atoms with Crippen LogP contribution < -0.4 is 14.2 Å². The van der Waals surface area contributed by atoms with E-state index in [1.807, 2.05) is 36.4 Å². The van der Waals surface area contributed by atoms with E-state index in [-0.39, 0.29) is 24.6 Å². The molecule has 0 amide bonds. The Morgan fingerprint density at radius 3 is 1.82 bits per heavy atom. The number of nitrogens with zero attached hydrogens (tertiary/aromatic N) is 1. The molecule has 1 aliphatic rings. The minimum Gasteiger partial charge on any atom is -0.487 e. The lowest BCUT2D eigenvalue weighted by atomic mass is 9.92. The molecule has 1 fully saturated rings. The zero-order valence-corrected chi connectivity index (χ0v) is 31.8. The van der Waals surface area contributed by atoms with Crippen molar-refractivity contribution in [2.45, 2.75) is 174 Å². The van der Waals surface area contributed by atoms with Gasteiger partial charge in [0, 0.05) is 6.54 Å². The molecule has 7 heteroatoms. The second kappa shape index (κ2) is 25.1. The molecule has 1 heterocycles. The monoisotopic (exact) mass is 693 g/mol. The lowest BCUT2D eigenvalue weighted by Crippen LogP contribution is -2.51. The topological polar surface area (TPSA) is 74.3 Å². The van der Waals surface area contributed by atoms with Crippen LogP contribution in [0.2, 0.25) is 0 Å². The van der Waals surface area contributed by atoms with E-state index in [9.17, 15) is 9.59 Å². The van der Waals surface area contributed by atoms with Crippen molar-refractivity contribution in [1.82, 2.24) is 5.06 Å². The molecule has 3 rings (SSSR count). The van der Waals surface area contributed by atoms with Crippen molar-refractivity contribution in [3.63, 3.8) is 0 Å². The Bertz CT molecular complexity index is 1190. The van der Waals surface area contributed by atoms with Crippen molar-refractivity contribution >= 4 is 11.9 Å². The number of carbonyl (C=O) groups excluding carboxylic acids is 2. The van der Waals surface area contributed by atoms with Crippen molar-refractivity contribution in [1.29, 1.82) is 0 Å². The maximum atomic E-state index is 13.7. The van der Waals surface area contributed by atoms with Gasteiger partial charge in [-0.15, -0.1) is 0 Å². The highest BCUT2D eigenvalue weighted by atomic mass is 16.7. The van der Waals surface area contributed by atoms with Crippen LogP contribution in [0.15, 0.2) is 54.6 Å². The molecule has 280 valence electrons.